The van der Waals surface area contributed by atoms with Gasteiger partial charge in [-0.05, 0) is 43.2 Å². The number of nitrogens with one attached hydrogen (secondary N) is 1. The Kier molecular flexibility index (Phi) is 5.50. The molecule has 0 spiro atoms. The van der Waals surface area contributed by atoms with E-state index in [2.05, 4.69) is 10.3 Å². The summed E-state index contributed by atoms with van der Waals surface area (Å²) in [7, 11) is 1.61. The van der Waals surface area contributed by atoms with Crippen molar-refractivity contribution in [2.24, 2.45) is 0 Å². The number of likely N-dealkylation sites (tertiary alicyclic amines) is 1. The van der Waals surface area contributed by atoms with Gasteiger partial charge < -0.3 is 20.1 Å². The molecule has 1 aromatic heterocycles. The Morgan fingerprint density at radius 2 is 2.28 bits per heavy atom. The third-order valence-electron chi connectivity index (χ3n) is 4.30. The first-order valence-corrected chi connectivity index (χ1v) is 8.46. The minimum absolute atomic E-state index is 0.0371. The van der Waals surface area contributed by atoms with Gasteiger partial charge >= 0.3 is 0 Å². The molecular weight excluding hydrogens is 318 g/mol. The molecule has 1 amide bonds. The summed E-state index contributed by atoms with van der Waals surface area (Å²) in [4.78, 5) is 18.6. The zero-order valence-electron chi connectivity index (χ0n) is 14.3. The zero-order valence-corrected chi connectivity index (χ0v) is 14.3. The molecule has 132 valence electrons. The molecule has 0 saturated carbocycles. The number of hydrogen-bond acceptors (Lipinski definition) is 5. The quantitative estimate of drug-likeness (QED) is 0.873. The summed E-state index contributed by atoms with van der Waals surface area (Å²) in [5.41, 5.74) is 2.37. The van der Waals surface area contributed by atoms with Crippen LogP contribution in [0.4, 0.5) is 5.69 Å². The second-order valence-electron chi connectivity index (χ2n) is 6.17. The van der Waals surface area contributed by atoms with Crippen LogP contribution in [0.1, 0.15) is 28.9 Å². The molecule has 2 N–H and O–H groups in total. The van der Waals surface area contributed by atoms with Crippen molar-refractivity contribution in [3.05, 3.63) is 53.9 Å². The molecule has 25 heavy (non-hydrogen) atoms. The molecule has 1 atom stereocenters. The van der Waals surface area contributed by atoms with Crippen molar-refractivity contribution in [1.29, 1.82) is 0 Å². The van der Waals surface area contributed by atoms with Gasteiger partial charge in [-0.3, -0.25) is 9.78 Å². The average Bonchev–Trinajstić information content (AvgIpc) is 2.66. The van der Waals surface area contributed by atoms with Crippen LogP contribution in [-0.2, 0) is 6.54 Å². The van der Waals surface area contributed by atoms with E-state index in [-0.39, 0.29) is 5.91 Å². The van der Waals surface area contributed by atoms with Crippen LogP contribution in [0, 0.1) is 0 Å². The fourth-order valence-electron chi connectivity index (χ4n) is 2.91. The fourth-order valence-corrected chi connectivity index (χ4v) is 2.91. The molecule has 1 aliphatic heterocycles. The molecule has 3 rings (SSSR count). The molecule has 2 heterocycles. The number of β-amino-alcohol motifs (C(OH)–C–C–N with tert-alkyl or cyclic N) is 1. The number of hydrogen-bond donors (Lipinski definition) is 2. The van der Waals surface area contributed by atoms with Crippen molar-refractivity contribution in [2.45, 2.75) is 25.5 Å². The van der Waals surface area contributed by atoms with Crippen molar-refractivity contribution >= 4 is 11.6 Å². The molecular formula is C19H23N3O3. The van der Waals surface area contributed by atoms with Crippen LogP contribution in [0.15, 0.2) is 42.6 Å². The lowest BCUT2D eigenvalue weighted by Gasteiger charge is -2.30. The van der Waals surface area contributed by atoms with Gasteiger partial charge in [-0.2, -0.15) is 0 Å². The van der Waals surface area contributed by atoms with E-state index < -0.39 is 6.10 Å². The maximum atomic E-state index is 12.6. The number of methoxy groups -OCH3 is 1. The van der Waals surface area contributed by atoms with Crippen LogP contribution >= 0.6 is 0 Å². The number of nitrogens with zero attached hydrogens (tertiary/aromatic N) is 2. The summed E-state index contributed by atoms with van der Waals surface area (Å²) >= 11 is 0. The van der Waals surface area contributed by atoms with Gasteiger partial charge in [-0.25, -0.2) is 0 Å². The zero-order chi connectivity index (χ0) is 17.6. The maximum absolute atomic E-state index is 12.6. The highest BCUT2D eigenvalue weighted by atomic mass is 16.5. The fraction of sp³-hybridized carbons (Fsp3) is 0.368. The Hall–Kier alpha value is -2.60. The van der Waals surface area contributed by atoms with Crippen LogP contribution in [-0.4, -0.2) is 47.2 Å². The van der Waals surface area contributed by atoms with Crippen molar-refractivity contribution in [1.82, 2.24) is 9.88 Å². The van der Waals surface area contributed by atoms with Crippen LogP contribution < -0.4 is 10.1 Å². The first-order chi connectivity index (χ1) is 12.2. The lowest BCUT2D eigenvalue weighted by atomic mass is 10.1. The van der Waals surface area contributed by atoms with Gasteiger partial charge in [0.2, 0.25) is 0 Å². The number of aromatic nitrogens is 1. The van der Waals surface area contributed by atoms with Gasteiger partial charge in [0.15, 0.2) is 0 Å². The number of piperidine rings is 1. The van der Waals surface area contributed by atoms with E-state index in [4.69, 9.17) is 4.74 Å². The number of carbonyl (C=O) groups excluding carboxylic acids is 1. The highest BCUT2D eigenvalue weighted by Crippen LogP contribution is 2.17. The number of ether oxygens (including phenoxy) is 1. The number of aliphatic hydroxyl groups is 1. The Labute approximate surface area is 147 Å². The predicted octanol–water partition coefficient (Wildman–Crippen LogP) is 2.30. The smallest absolute Gasteiger partial charge is 0.254 e. The van der Waals surface area contributed by atoms with E-state index in [0.29, 0.717) is 25.2 Å². The monoisotopic (exact) mass is 341 g/mol. The number of carbonyl (C=O) groups is 1. The molecule has 1 fully saturated rings. The minimum atomic E-state index is -0.417. The minimum Gasteiger partial charge on any atom is -0.495 e. The van der Waals surface area contributed by atoms with Crippen molar-refractivity contribution < 1.29 is 14.6 Å². The number of benzene rings is 1. The second-order valence-corrected chi connectivity index (χ2v) is 6.17. The summed E-state index contributed by atoms with van der Waals surface area (Å²) in [5, 5.41) is 13.0. The van der Waals surface area contributed by atoms with E-state index in [9.17, 15) is 9.90 Å². The third kappa shape index (κ3) is 4.48. The molecule has 2 aromatic rings. The van der Waals surface area contributed by atoms with E-state index in [1.54, 1.807) is 24.3 Å². The number of pyridine rings is 1. The normalized spacial score (nSPS) is 17.2. The summed E-state index contributed by atoms with van der Waals surface area (Å²) in [6, 6.07) is 11.2. The number of rotatable bonds is 5. The second kappa shape index (κ2) is 7.98. The summed E-state index contributed by atoms with van der Waals surface area (Å²) in [5.74, 6) is 0.685. The van der Waals surface area contributed by atoms with Crippen LogP contribution in [0.3, 0.4) is 0 Å². The molecule has 1 aliphatic rings. The predicted molar refractivity (Wildman–Crippen MR) is 95.7 cm³/mol. The summed E-state index contributed by atoms with van der Waals surface area (Å²) < 4.78 is 5.10. The van der Waals surface area contributed by atoms with E-state index in [1.807, 2.05) is 30.3 Å². The third-order valence-corrected chi connectivity index (χ3v) is 4.30. The highest BCUT2D eigenvalue weighted by Gasteiger charge is 2.23. The topological polar surface area (TPSA) is 74.7 Å². The lowest BCUT2D eigenvalue weighted by molar-refractivity contribution is 0.0474. The van der Waals surface area contributed by atoms with E-state index in [1.165, 1.54) is 0 Å². The lowest BCUT2D eigenvalue weighted by Crippen LogP contribution is -2.42. The Balaban J connectivity index is 1.63. The van der Waals surface area contributed by atoms with E-state index in [0.717, 1.165) is 30.0 Å². The van der Waals surface area contributed by atoms with Crippen molar-refractivity contribution in [3.8, 4) is 5.75 Å². The molecule has 1 saturated heterocycles. The van der Waals surface area contributed by atoms with Gasteiger partial charge in [0.1, 0.15) is 5.75 Å². The van der Waals surface area contributed by atoms with Crippen molar-refractivity contribution in [3.63, 3.8) is 0 Å². The number of anilines is 1. The van der Waals surface area contributed by atoms with Gasteiger partial charge in [0.05, 0.1) is 31.6 Å². The van der Waals surface area contributed by atoms with Crippen LogP contribution in [0.2, 0.25) is 0 Å². The Bertz CT molecular complexity index is 718. The summed E-state index contributed by atoms with van der Waals surface area (Å²) in [6.07, 6.45) is 2.87. The van der Waals surface area contributed by atoms with E-state index >= 15 is 0 Å². The van der Waals surface area contributed by atoms with Gasteiger partial charge in [-0.15, -0.1) is 0 Å². The SMILES string of the molecule is COc1ccc(CNc2cccc(C(=O)N3CCCC(O)C3)c2)nc1. The molecule has 0 aliphatic carbocycles. The molecule has 0 radical (unpaired) electrons. The Morgan fingerprint density at radius 3 is 3.00 bits per heavy atom. The molecule has 1 aromatic carbocycles. The molecule has 1 unspecified atom stereocenters. The first kappa shape index (κ1) is 17.2. The number of aliphatic hydroxyl groups excluding tert-OH is 1. The van der Waals surface area contributed by atoms with Crippen LogP contribution in [0.25, 0.3) is 0 Å². The summed E-state index contributed by atoms with van der Waals surface area (Å²) in [6.45, 7) is 1.67. The standard InChI is InChI=1S/C19H23N3O3/c1-25-18-8-7-16(21-12-18)11-20-15-5-2-4-14(10-15)19(24)22-9-3-6-17(23)13-22/h2,4-5,7-8,10,12,17,20,23H,3,6,9,11,13H2,1H3. The average molecular weight is 341 g/mol. The van der Waals surface area contributed by atoms with Gasteiger partial charge in [0.25, 0.3) is 5.91 Å². The maximum Gasteiger partial charge on any atom is 0.254 e. The van der Waals surface area contributed by atoms with Gasteiger partial charge in [-0.1, -0.05) is 6.07 Å². The largest absolute Gasteiger partial charge is 0.495 e. The molecule has 0 bridgehead atoms. The highest BCUT2D eigenvalue weighted by molar-refractivity contribution is 5.95. The molecule has 6 nitrogen and oxygen atoms in total. The van der Waals surface area contributed by atoms with Crippen molar-refractivity contribution in [2.75, 3.05) is 25.5 Å². The van der Waals surface area contributed by atoms with Gasteiger partial charge in [0, 0.05) is 24.3 Å². The van der Waals surface area contributed by atoms with Crippen LogP contribution in [0.5, 0.6) is 5.75 Å². The molecule has 6 heteroatoms. The first-order valence-electron chi connectivity index (χ1n) is 8.46. The number of amides is 1. The Morgan fingerprint density at radius 1 is 1.40 bits per heavy atom.